The first-order valence-corrected chi connectivity index (χ1v) is 13.5. The average molecular weight is 596 g/mol. The van der Waals surface area contributed by atoms with Crippen molar-refractivity contribution in [2.75, 3.05) is 5.73 Å². The number of nitrogens with zero attached hydrogens (tertiary/aromatic N) is 3. The predicted molar refractivity (Wildman–Crippen MR) is 159 cm³/mol. The Bertz CT molecular complexity index is 1710. The van der Waals surface area contributed by atoms with E-state index in [1.165, 1.54) is 26.0 Å². The highest BCUT2D eigenvalue weighted by Gasteiger charge is 2.27. The zero-order valence-electron chi connectivity index (χ0n) is 24.1. The molecule has 1 amide bonds. The van der Waals surface area contributed by atoms with Crippen LogP contribution in [0.25, 0.3) is 22.0 Å². The monoisotopic (exact) mass is 595 g/mol. The normalized spacial score (nSPS) is 12.5. The molecule has 0 saturated carbocycles. The molecular weight excluding hydrogens is 564 g/mol. The number of carbonyl (C=O) groups excluding carboxylic acids is 1. The molecule has 4 rings (SSSR count). The molecule has 0 aliphatic rings. The number of hydrogen-bond donors (Lipinski definition) is 3. The number of hydrogen-bond acceptors (Lipinski definition) is 6. The van der Waals surface area contributed by atoms with Crippen molar-refractivity contribution in [1.82, 2.24) is 20.1 Å². The lowest BCUT2D eigenvalue weighted by Gasteiger charge is -2.25. The van der Waals surface area contributed by atoms with Crippen molar-refractivity contribution in [2.24, 2.45) is 7.05 Å². The van der Waals surface area contributed by atoms with Crippen molar-refractivity contribution in [3.05, 3.63) is 76.1 Å². The number of benzene rings is 2. The average Bonchev–Trinajstić information content (AvgIpc) is 3.15. The number of nitrogens with two attached hydrogens (primary N) is 1. The van der Waals surface area contributed by atoms with Crippen LogP contribution in [0.15, 0.2) is 42.5 Å². The minimum absolute atomic E-state index is 0.0411. The summed E-state index contributed by atoms with van der Waals surface area (Å²) in [6.07, 6.45) is -0.795. The third kappa shape index (κ3) is 7.35. The van der Waals surface area contributed by atoms with E-state index in [1.807, 2.05) is 0 Å². The Morgan fingerprint density at radius 3 is 2.38 bits per heavy atom. The van der Waals surface area contributed by atoms with Gasteiger partial charge in [0.15, 0.2) is 5.82 Å². The second kappa shape index (κ2) is 11.6. The molecule has 4 aromatic rings. The van der Waals surface area contributed by atoms with Gasteiger partial charge in [-0.3, -0.25) is 4.68 Å². The standard InChI is InChI=1S/C31H32ClF2N5O3/c1-30(2,3)42-29(40)37-24(15-17-13-18(33)16-19(34)14-17)26-21(8-7-20(36-26)11-12-31(4,5)41)22-9-10-23(32)25-27(22)39(6)38-28(25)35/h7-10,13-14,16,24,41H,15H2,1-6H3,(H2,35,38)(H,37,40). The molecule has 1 atom stereocenters. The summed E-state index contributed by atoms with van der Waals surface area (Å²) in [6, 6.07) is 9.11. The van der Waals surface area contributed by atoms with E-state index in [2.05, 4.69) is 22.3 Å². The van der Waals surface area contributed by atoms with Crippen LogP contribution in [0, 0.1) is 23.5 Å². The molecule has 0 saturated heterocycles. The highest BCUT2D eigenvalue weighted by Crippen LogP contribution is 2.39. The number of nitrogen functional groups attached to an aromatic ring is 1. The lowest BCUT2D eigenvalue weighted by Crippen LogP contribution is -2.36. The zero-order valence-corrected chi connectivity index (χ0v) is 24.9. The Labute approximate surface area is 247 Å². The molecule has 0 radical (unpaired) electrons. The number of anilines is 1. The van der Waals surface area contributed by atoms with Crippen molar-refractivity contribution in [3.63, 3.8) is 0 Å². The maximum atomic E-state index is 14.2. The summed E-state index contributed by atoms with van der Waals surface area (Å²) < 4.78 is 35.5. The SMILES string of the molecule is Cn1nc(N)c2c(Cl)ccc(-c3ccc(C#CC(C)(C)O)nc3C(Cc3cc(F)cc(F)c3)NC(=O)OC(C)(C)C)c21. The molecule has 4 N–H and O–H groups in total. The number of fused-ring (bicyclic) bond motifs is 1. The van der Waals surface area contributed by atoms with E-state index < -0.39 is 35.0 Å². The van der Waals surface area contributed by atoms with Crippen LogP contribution in [0.5, 0.6) is 0 Å². The minimum atomic E-state index is -1.29. The van der Waals surface area contributed by atoms with Crippen LogP contribution in [0.4, 0.5) is 19.4 Å². The summed E-state index contributed by atoms with van der Waals surface area (Å²) in [5.74, 6) is 4.31. The van der Waals surface area contributed by atoms with E-state index in [1.54, 1.807) is 56.8 Å². The first-order chi connectivity index (χ1) is 19.5. The van der Waals surface area contributed by atoms with E-state index in [9.17, 15) is 18.7 Å². The number of amides is 1. The molecule has 0 spiro atoms. The van der Waals surface area contributed by atoms with Gasteiger partial charge in [-0.05, 0) is 82.9 Å². The van der Waals surface area contributed by atoms with Crippen molar-refractivity contribution < 1.29 is 23.4 Å². The number of carbonyl (C=O) groups is 1. The van der Waals surface area contributed by atoms with Crippen molar-refractivity contribution >= 4 is 34.4 Å². The van der Waals surface area contributed by atoms with Crippen LogP contribution in [-0.4, -0.2) is 37.2 Å². The smallest absolute Gasteiger partial charge is 0.408 e. The first kappa shape index (κ1) is 30.8. The van der Waals surface area contributed by atoms with Gasteiger partial charge in [-0.25, -0.2) is 18.6 Å². The first-order valence-electron chi connectivity index (χ1n) is 13.1. The van der Waals surface area contributed by atoms with Gasteiger partial charge in [0.25, 0.3) is 0 Å². The van der Waals surface area contributed by atoms with Gasteiger partial charge >= 0.3 is 6.09 Å². The van der Waals surface area contributed by atoms with Gasteiger partial charge in [-0.2, -0.15) is 5.10 Å². The molecule has 1 unspecified atom stereocenters. The number of aryl methyl sites for hydroxylation is 1. The summed E-state index contributed by atoms with van der Waals surface area (Å²) in [5, 5.41) is 18.3. The van der Waals surface area contributed by atoms with E-state index in [0.717, 1.165) is 6.07 Å². The number of aliphatic hydroxyl groups is 1. The maximum absolute atomic E-state index is 14.2. The lowest BCUT2D eigenvalue weighted by atomic mass is 9.94. The molecule has 11 heteroatoms. The van der Waals surface area contributed by atoms with Gasteiger partial charge in [-0.15, -0.1) is 0 Å². The second-order valence-electron chi connectivity index (χ2n) is 11.4. The third-order valence-corrected chi connectivity index (χ3v) is 6.37. The van der Waals surface area contributed by atoms with Gasteiger partial charge in [-0.1, -0.05) is 23.6 Å². The summed E-state index contributed by atoms with van der Waals surface area (Å²) in [5.41, 5.74) is 6.79. The number of alkyl carbamates (subject to hydrolysis) is 1. The van der Waals surface area contributed by atoms with E-state index in [0.29, 0.717) is 38.4 Å². The number of ether oxygens (including phenoxy) is 1. The van der Waals surface area contributed by atoms with Crippen LogP contribution in [0.3, 0.4) is 0 Å². The summed E-state index contributed by atoms with van der Waals surface area (Å²) in [4.78, 5) is 17.8. The molecule has 0 bridgehead atoms. The molecule has 0 aliphatic carbocycles. The molecule has 0 fully saturated rings. The molecule has 2 heterocycles. The van der Waals surface area contributed by atoms with E-state index in [-0.39, 0.29) is 17.8 Å². The summed E-state index contributed by atoms with van der Waals surface area (Å²) in [7, 11) is 1.72. The van der Waals surface area contributed by atoms with Gasteiger partial charge in [0.1, 0.15) is 28.5 Å². The second-order valence-corrected chi connectivity index (χ2v) is 11.9. The van der Waals surface area contributed by atoms with Gasteiger partial charge in [0.2, 0.25) is 0 Å². The number of aromatic nitrogens is 3. The summed E-state index contributed by atoms with van der Waals surface area (Å²) >= 11 is 6.48. The minimum Gasteiger partial charge on any atom is -0.444 e. The van der Waals surface area contributed by atoms with Crippen LogP contribution in [-0.2, 0) is 18.2 Å². The Hall–Kier alpha value is -4.20. The van der Waals surface area contributed by atoms with E-state index in [4.69, 9.17) is 27.1 Å². The Balaban J connectivity index is 1.98. The predicted octanol–water partition coefficient (Wildman–Crippen LogP) is 6.08. The van der Waals surface area contributed by atoms with Crippen molar-refractivity contribution in [2.45, 2.75) is 58.3 Å². The Kier molecular flexibility index (Phi) is 8.48. The Morgan fingerprint density at radius 2 is 1.76 bits per heavy atom. The van der Waals surface area contributed by atoms with Gasteiger partial charge in [0, 0.05) is 24.2 Å². The molecule has 8 nitrogen and oxygen atoms in total. The molecule has 42 heavy (non-hydrogen) atoms. The van der Waals surface area contributed by atoms with Crippen molar-refractivity contribution in [1.29, 1.82) is 0 Å². The maximum Gasteiger partial charge on any atom is 0.408 e. The Morgan fingerprint density at radius 1 is 1.12 bits per heavy atom. The summed E-state index contributed by atoms with van der Waals surface area (Å²) in [6.45, 7) is 8.24. The highest BCUT2D eigenvalue weighted by atomic mass is 35.5. The quantitative estimate of drug-likeness (QED) is 0.241. The molecule has 0 aliphatic heterocycles. The van der Waals surface area contributed by atoms with Gasteiger partial charge in [0.05, 0.1) is 27.7 Å². The molecule has 220 valence electrons. The number of rotatable bonds is 5. The number of pyridine rings is 1. The topological polar surface area (TPSA) is 115 Å². The fraction of sp³-hybridized carbons (Fsp3) is 0.323. The van der Waals surface area contributed by atoms with Crippen LogP contribution < -0.4 is 11.1 Å². The third-order valence-electron chi connectivity index (χ3n) is 6.06. The molecule has 2 aromatic heterocycles. The largest absolute Gasteiger partial charge is 0.444 e. The van der Waals surface area contributed by atoms with Gasteiger partial charge < -0.3 is 20.9 Å². The van der Waals surface area contributed by atoms with Crippen LogP contribution in [0.1, 0.15) is 57.6 Å². The van der Waals surface area contributed by atoms with E-state index >= 15 is 0 Å². The highest BCUT2D eigenvalue weighted by molar-refractivity contribution is 6.37. The molecule has 2 aromatic carbocycles. The fourth-order valence-electron chi connectivity index (χ4n) is 4.51. The van der Waals surface area contributed by atoms with Crippen LogP contribution >= 0.6 is 11.6 Å². The fourth-order valence-corrected chi connectivity index (χ4v) is 4.76. The van der Waals surface area contributed by atoms with Crippen LogP contribution in [0.2, 0.25) is 5.02 Å². The molecular formula is C31H32ClF2N5O3. The number of halogens is 3. The lowest BCUT2D eigenvalue weighted by molar-refractivity contribution is 0.0502. The van der Waals surface area contributed by atoms with Crippen molar-refractivity contribution in [3.8, 4) is 23.0 Å². The zero-order chi connectivity index (χ0) is 31.0. The number of nitrogens with one attached hydrogen (secondary N) is 1.